The molecule has 1 N–H and O–H groups in total. The van der Waals surface area contributed by atoms with Gasteiger partial charge in [-0.3, -0.25) is 4.98 Å². The summed E-state index contributed by atoms with van der Waals surface area (Å²) in [6, 6.07) is 0. The van der Waals surface area contributed by atoms with E-state index in [1.807, 2.05) is 0 Å². The molecular weight excluding hydrogens is 230 g/mol. The molecule has 0 aromatic carbocycles. The molecule has 98 valence electrons. The zero-order valence-corrected chi connectivity index (χ0v) is 10.8. The summed E-state index contributed by atoms with van der Waals surface area (Å²) in [5, 5.41) is 7.57. The van der Waals surface area contributed by atoms with E-state index < -0.39 is 0 Å². The van der Waals surface area contributed by atoms with Crippen molar-refractivity contribution in [3.8, 4) is 0 Å². The number of rotatable bonds is 6. The van der Waals surface area contributed by atoms with Gasteiger partial charge < -0.3 is 5.32 Å². The van der Waals surface area contributed by atoms with Gasteiger partial charge in [-0.2, -0.15) is 0 Å². The van der Waals surface area contributed by atoms with Crippen molar-refractivity contribution in [3.05, 3.63) is 29.1 Å². The number of nitrogens with zero attached hydrogens (tertiary/aromatic N) is 4. The third-order valence-corrected chi connectivity index (χ3v) is 2.66. The van der Waals surface area contributed by atoms with Gasteiger partial charge in [-0.25, -0.2) is 13.9 Å². The Balaban J connectivity index is 1.92. The maximum atomic E-state index is 11.9. The first-order valence-corrected chi connectivity index (χ1v) is 6.28. The van der Waals surface area contributed by atoms with Crippen LogP contribution in [0.2, 0.25) is 0 Å². The van der Waals surface area contributed by atoms with Crippen molar-refractivity contribution in [2.24, 2.45) is 5.92 Å². The normalized spacial score (nSPS) is 11.5. The largest absolute Gasteiger partial charge is 0.350 e. The molecule has 18 heavy (non-hydrogen) atoms. The monoisotopic (exact) mass is 249 g/mol. The molecule has 0 aliphatic rings. The van der Waals surface area contributed by atoms with Crippen LogP contribution in [-0.2, 0) is 6.54 Å². The maximum Gasteiger partial charge on any atom is 0.350 e. The lowest BCUT2D eigenvalue weighted by Crippen LogP contribution is -2.25. The van der Waals surface area contributed by atoms with Crippen molar-refractivity contribution in [3.63, 3.8) is 0 Å². The topological polar surface area (TPSA) is 64.2 Å². The predicted molar refractivity (Wildman–Crippen MR) is 69.6 cm³/mol. The molecule has 0 unspecified atom stereocenters. The number of hydrogen-bond acceptors (Lipinski definition) is 4. The van der Waals surface area contributed by atoms with Crippen molar-refractivity contribution < 1.29 is 0 Å². The fourth-order valence-electron chi connectivity index (χ4n) is 1.77. The van der Waals surface area contributed by atoms with E-state index in [1.165, 1.54) is 9.08 Å². The van der Waals surface area contributed by atoms with Crippen molar-refractivity contribution >= 4 is 5.65 Å². The Kier molecular flexibility index (Phi) is 4.09. The highest BCUT2D eigenvalue weighted by molar-refractivity contribution is 5.31. The van der Waals surface area contributed by atoms with Gasteiger partial charge in [-0.15, -0.1) is 5.10 Å². The van der Waals surface area contributed by atoms with E-state index in [1.54, 1.807) is 18.6 Å². The fraction of sp³-hybridized carbons (Fsp3) is 0.583. The molecule has 0 aliphatic carbocycles. The number of fused-ring (bicyclic) bond motifs is 1. The second-order valence-corrected chi connectivity index (χ2v) is 4.76. The van der Waals surface area contributed by atoms with E-state index in [2.05, 4.69) is 29.2 Å². The molecule has 0 fully saturated rings. The summed E-state index contributed by atoms with van der Waals surface area (Å²) in [4.78, 5) is 15.9. The molecule has 0 saturated heterocycles. The van der Waals surface area contributed by atoms with Crippen molar-refractivity contribution in [2.75, 3.05) is 13.1 Å². The number of aryl methyl sites for hydroxylation is 1. The average Bonchev–Trinajstić information content (AvgIpc) is 2.66. The number of nitrogens with one attached hydrogen (secondary N) is 1. The van der Waals surface area contributed by atoms with Crippen molar-refractivity contribution in [2.45, 2.75) is 26.8 Å². The lowest BCUT2D eigenvalue weighted by Gasteiger charge is -2.06. The lowest BCUT2D eigenvalue weighted by atomic mass is 10.2. The minimum absolute atomic E-state index is 0.101. The fourth-order valence-corrected chi connectivity index (χ4v) is 1.77. The van der Waals surface area contributed by atoms with Crippen molar-refractivity contribution in [1.29, 1.82) is 0 Å². The zero-order valence-electron chi connectivity index (χ0n) is 10.8. The third-order valence-electron chi connectivity index (χ3n) is 2.66. The van der Waals surface area contributed by atoms with Gasteiger partial charge in [-0.1, -0.05) is 13.8 Å². The van der Waals surface area contributed by atoms with Crippen LogP contribution in [0.25, 0.3) is 5.65 Å². The minimum atomic E-state index is -0.101. The summed E-state index contributed by atoms with van der Waals surface area (Å²) in [5.41, 5.74) is 0.494. The molecule has 6 nitrogen and oxygen atoms in total. The number of hydrogen-bond donors (Lipinski definition) is 1. The van der Waals surface area contributed by atoms with Crippen LogP contribution in [-0.4, -0.2) is 32.3 Å². The Morgan fingerprint density at radius 2 is 2.28 bits per heavy atom. The highest BCUT2D eigenvalue weighted by Gasteiger charge is 2.05. The van der Waals surface area contributed by atoms with Crippen LogP contribution in [0.15, 0.2) is 23.4 Å². The molecule has 0 saturated carbocycles. The third kappa shape index (κ3) is 2.95. The molecule has 2 aromatic heterocycles. The van der Waals surface area contributed by atoms with Gasteiger partial charge in [0.2, 0.25) is 0 Å². The second-order valence-electron chi connectivity index (χ2n) is 4.76. The van der Waals surface area contributed by atoms with E-state index in [4.69, 9.17) is 0 Å². The summed E-state index contributed by atoms with van der Waals surface area (Å²) in [5.74, 6) is 0.647. The standard InChI is InChI=1S/C12H19N5O/c1-10(2)8-13-4-3-6-17-12(18)16-7-5-14-9-11(16)15-17/h5,7,9-10,13H,3-4,6,8H2,1-2H3. The molecule has 2 rings (SSSR count). The second kappa shape index (κ2) is 5.77. The zero-order chi connectivity index (χ0) is 13.0. The smallest absolute Gasteiger partial charge is 0.316 e. The van der Waals surface area contributed by atoms with Crippen molar-refractivity contribution in [1.82, 2.24) is 24.5 Å². The first-order chi connectivity index (χ1) is 8.68. The Morgan fingerprint density at radius 3 is 3.00 bits per heavy atom. The summed E-state index contributed by atoms with van der Waals surface area (Å²) in [6.45, 7) is 6.88. The molecule has 2 heterocycles. The average molecular weight is 249 g/mol. The maximum absolute atomic E-state index is 11.9. The van der Waals surface area contributed by atoms with Crippen LogP contribution in [0, 0.1) is 5.92 Å². The molecular formula is C12H19N5O. The van der Waals surface area contributed by atoms with Crippen LogP contribution in [0.3, 0.4) is 0 Å². The Labute approximate surface area is 106 Å². The first kappa shape index (κ1) is 12.8. The molecule has 0 amide bonds. The molecule has 2 aromatic rings. The Morgan fingerprint density at radius 1 is 1.44 bits per heavy atom. The van der Waals surface area contributed by atoms with Gasteiger partial charge in [0, 0.05) is 18.9 Å². The van der Waals surface area contributed by atoms with Gasteiger partial charge in [0.1, 0.15) is 0 Å². The highest BCUT2D eigenvalue weighted by atomic mass is 16.2. The van der Waals surface area contributed by atoms with Gasteiger partial charge in [-0.05, 0) is 25.4 Å². The molecule has 0 aliphatic heterocycles. The summed E-state index contributed by atoms with van der Waals surface area (Å²) < 4.78 is 3.00. The summed E-state index contributed by atoms with van der Waals surface area (Å²) >= 11 is 0. The van der Waals surface area contributed by atoms with E-state index in [0.717, 1.165) is 19.5 Å². The lowest BCUT2D eigenvalue weighted by molar-refractivity contribution is 0.500. The Hall–Kier alpha value is -1.69. The van der Waals surface area contributed by atoms with Crippen LogP contribution < -0.4 is 11.0 Å². The summed E-state index contributed by atoms with van der Waals surface area (Å²) in [6.07, 6.45) is 5.71. The van der Waals surface area contributed by atoms with Crippen LogP contribution in [0.1, 0.15) is 20.3 Å². The molecule has 0 radical (unpaired) electrons. The van der Waals surface area contributed by atoms with Gasteiger partial charge in [0.25, 0.3) is 0 Å². The van der Waals surface area contributed by atoms with E-state index in [-0.39, 0.29) is 5.69 Å². The van der Waals surface area contributed by atoms with Crippen LogP contribution in [0.5, 0.6) is 0 Å². The Bertz CT molecular complexity index is 557. The SMILES string of the molecule is CC(C)CNCCCn1nc2cnccn2c1=O. The highest BCUT2D eigenvalue weighted by Crippen LogP contribution is 1.93. The predicted octanol–water partition coefficient (Wildman–Crippen LogP) is 0.527. The molecule has 6 heteroatoms. The van der Waals surface area contributed by atoms with Crippen LogP contribution >= 0.6 is 0 Å². The molecule has 0 atom stereocenters. The van der Waals surface area contributed by atoms with Gasteiger partial charge >= 0.3 is 5.69 Å². The number of aromatic nitrogens is 4. The van der Waals surface area contributed by atoms with Crippen LogP contribution in [0.4, 0.5) is 0 Å². The van der Waals surface area contributed by atoms with Gasteiger partial charge in [0.15, 0.2) is 5.65 Å². The van der Waals surface area contributed by atoms with E-state index in [9.17, 15) is 4.79 Å². The van der Waals surface area contributed by atoms with Gasteiger partial charge in [0.05, 0.1) is 6.20 Å². The van der Waals surface area contributed by atoms with E-state index in [0.29, 0.717) is 18.1 Å². The first-order valence-electron chi connectivity index (χ1n) is 6.28. The minimum Gasteiger partial charge on any atom is -0.316 e. The summed E-state index contributed by atoms with van der Waals surface area (Å²) in [7, 11) is 0. The molecule has 0 bridgehead atoms. The quantitative estimate of drug-likeness (QED) is 0.758. The molecule has 0 spiro atoms. The van der Waals surface area contributed by atoms with E-state index >= 15 is 0 Å².